The molecule has 0 aliphatic carbocycles. The number of hydrogen-bond donors (Lipinski definition) is 4. The van der Waals surface area contributed by atoms with E-state index in [1.807, 2.05) is 42.5 Å². The second-order valence-electron chi connectivity index (χ2n) is 9.06. The number of anilines is 3. The van der Waals surface area contributed by atoms with Crippen LogP contribution in [0, 0.1) is 5.21 Å². The number of nitrogens with one attached hydrogen (secondary N) is 3. The first kappa shape index (κ1) is 26.9. The van der Waals surface area contributed by atoms with E-state index in [0.29, 0.717) is 38.3 Å². The third-order valence-electron chi connectivity index (χ3n) is 6.49. The summed E-state index contributed by atoms with van der Waals surface area (Å²) >= 11 is 0. The number of urea groups is 1. The lowest BCUT2D eigenvalue weighted by molar-refractivity contribution is -0.990. The quantitative estimate of drug-likeness (QED) is 0.322. The van der Waals surface area contributed by atoms with Crippen molar-refractivity contribution >= 4 is 34.7 Å². The Labute approximate surface area is 222 Å². The molecule has 1 atom stereocenters. The molecule has 10 nitrogen and oxygen atoms in total. The van der Waals surface area contributed by atoms with Crippen LogP contribution in [0.25, 0.3) is 0 Å². The summed E-state index contributed by atoms with van der Waals surface area (Å²) in [7, 11) is 1.45. The number of nitrogens with zero attached hydrogens (tertiary/aromatic N) is 2. The molecule has 1 saturated heterocycles. The number of benzene rings is 3. The van der Waals surface area contributed by atoms with Gasteiger partial charge in [-0.1, -0.05) is 30.3 Å². The average molecular weight is 520 g/mol. The van der Waals surface area contributed by atoms with Crippen LogP contribution in [-0.2, 0) is 11.2 Å². The van der Waals surface area contributed by atoms with E-state index in [-0.39, 0.29) is 23.3 Å². The van der Waals surface area contributed by atoms with Gasteiger partial charge in [0.05, 0.1) is 7.11 Å². The number of carbonyl (C=O) groups excluding carboxylic acids is 2. The van der Waals surface area contributed by atoms with Gasteiger partial charge >= 0.3 is 6.03 Å². The molecule has 0 spiro atoms. The van der Waals surface area contributed by atoms with Gasteiger partial charge in [-0.3, -0.25) is 4.79 Å². The van der Waals surface area contributed by atoms with E-state index in [2.05, 4.69) is 27.7 Å². The number of ether oxygens (including phenoxy) is 1. The highest BCUT2D eigenvalue weighted by Crippen LogP contribution is 2.25. The summed E-state index contributed by atoms with van der Waals surface area (Å²) in [4.78, 5) is 28.9. The molecule has 200 valence electrons. The standard InChI is InChI=1S/C28H33N5O5/c1-38-24-14-15-25(26(20-24)33(36)37)30-28(35)32-18-16-31(17-19-32)23-12-10-22(11-13-23)29-27(34)9-5-8-21-6-3-2-4-7-21/h2-4,6-7,10-15,20,33,36H,5,8-9,16-19H2,1H3,(H,29,34)(H,30,35). The summed E-state index contributed by atoms with van der Waals surface area (Å²) in [6.45, 7) is 2.24. The molecule has 1 aliphatic heterocycles. The fourth-order valence-corrected chi connectivity index (χ4v) is 4.38. The summed E-state index contributed by atoms with van der Waals surface area (Å²) in [6.07, 6.45) is 2.13. The molecule has 38 heavy (non-hydrogen) atoms. The summed E-state index contributed by atoms with van der Waals surface area (Å²) < 4.78 is 5.08. The maximum absolute atomic E-state index is 12.8. The molecule has 3 aromatic carbocycles. The Hall–Kier alpha value is -4.12. The highest BCUT2D eigenvalue weighted by molar-refractivity contribution is 5.92. The first-order valence-corrected chi connectivity index (χ1v) is 12.6. The molecule has 10 heteroatoms. The van der Waals surface area contributed by atoms with Crippen LogP contribution in [0.2, 0.25) is 0 Å². The second-order valence-corrected chi connectivity index (χ2v) is 9.06. The maximum Gasteiger partial charge on any atom is 0.322 e. The lowest BCUT2D eigenvalue weighted by Crippen LogP contribution is -2.99. The number of hydrogen-bond acceptors (Lipinski definition) is 6. The summed E-state index contributed by atoms with van der Waals surface area (Å²) in [5.41, 5.74) is 3.19. The molecule has 3 aromatic rings. The fourth-order valence-electron chi connectivity index (χ4n) is 4.38. The van der Waals surface area contributed by atoms with E-state index < -0.39 is 5.23 Å². The van der Waals surface area contributed by atoms with Crippen LogP contribution in [0.1, 0.15) is 18.4 Å². The minimum Gasteiger partial charge on any atom is -0.595 e. The van der Waals surface area contributed by atoms with E-state index in [1.54, 1.807) is 11.0 Å². The van der Waals surface area contributed by atoms with E-state index in [4.69, 9.17) is 4.74 Å². The monoisotopic (exact) mass is 519 g/mol. The van der Waals surface area contributed by atoms with Gasteiger partial charge in [-0.05, 0) is 54.8 Å². The molecule has 1 fully saturated rings. The summed E-state index contributed by atoms with van der Waals surface area (Å²) in [5, 5.41) is 25.6. The maximum atomic E-state index is 12.8. The van der Waals surface area contributed by atoms with E-state index in [1.165, 1.54) is 24.8 Å². The number of carbonyl (C=O) groups is 2. The number of aryl methyl sites for hydroxylation is 1. The van der Waals surface area contributed by atoms with Crippen molar-refractivity contribution in [1.82, 2.24) is 4.90 Å². The third kappa shape index (κ3) is 7.22. The number of piperazine rings is 1. The van der Waals surface area contributed by atoms with Crippen LogP contribution in [0.5, 0.6) is 5.75 Å². The van der Waals surface area contributed by atoms with Crippen molar-refractivity contribution in [3.05, 3.63) is 83.6 Å². The Morgan fingerprint density at radius 2 is 1.68 bits per heavy atom. The molecule has 1 unspecified atom stereocenters. The molecule has 4 N–H and O–H groups in total. The largest absolute Gasteiger partial charge is 0.595 e. The zero-order valence-electron chi connectivity index (χ0n) is 21.4. The zero-order valence-corrected chi connectivity index (χ0v) is 21.4. The average Bonchev–Trinajstić information content (AvgIpc) is 2.94. The molecule has 1 heterocycles. The van der Waals surface area contributed by atoms with Crippen molar-refractivity contribution in [1.29, 1.82) is 0 Å². The molecule has 0 radical (unpaired) electrons. The van der Waals surface area contributed by atoms with Crippen molar-refractivity contribution < 1.29 is 24.8 Å². The van der Waals surface area contributed by atoms with Gasteiger partial charge in [-0.15, -0.1) is 0 Å². The van der Waals surface area contributed by atoms with Crippen molar-refractivity contribution in [2.45, 2.75) is 19.3 Å². The Bertz CT molecular complexity index is 1210. The topological polar surface area (TPSA) is 122 Å². The number of methoxy groups -OCH3 is 1. The Morgan fingerprint density at radius 3 is 2.34 bits per heavy atom. The number of rotatable bonds is 9. The van der Waals surface area contributed by atoms with Gasteiger partial charge in [0.25, 0.3) is 0 Å². The lowest BCUT2D eigenvalue weighted by atomic mass is 10.1. The molecule has 0 saturated carbocycles. The number of amides is 3. The van der Waals surface area contributed by atoms with E-state index >= 15 is 0 Å². The fraction of sp³-hybridized carbons (Fsp3) is 0.286. The van der Waals surface area contributed by atoms with Crippen molar-refractivity contribution in [2.24, 2.45) is 0 Å². The molecule has 0 aromatic heterocycles. The highest BCUT2D eigenvalue weighted by atomic mass is 16.8. The molecular formula is C28H33N5O5. The van der Waals surface area contributed by atoms with Crippen LogP contribution < -0.4 is 25.5 Å². The normalized spacial score (nSPS) is 14.1. The lowest BCUT2D eigenvalue weighted by Gasteiger charge is -2.36. The van der Waals surface area contributed by atoms with Gasteiger partial charge in [-0.25, -0.2) is 10.0 Å². The van der Waals surface area contributed by atoms with Crippen LogP contribution in [0.3, 0.4) is 0 Å². The smallest absolute Gasteiger partial charge is 0.322 e. The van der Waals surface area contributed by atoms with E-state index in [0.717, 1.165) is 24.2 Å². The predicted octanol–water partition coefficient (Wildman–Crippen LogP) is 3.41. The van der Waals surface area contributed by atoms with Crippen LogP contribution in [-0.4, -0.2) is 55.3 Å². The molecule has 4 rings (SSSR count). The minimum atomic E-state index is -1.14. The SMILES string of the molecule is COc1ccc(NC(=O)N2CCN(c3ccc(NC(=O)CCCc4ccccc4)cc3)CC2)c([NH+]([O-])O)c1. The van der Waals surface area contributed by atoms with Gasteiger partial charge in [0.1, 0.15) is 11.4 Å². The predicted molar refractivity (Wildman–Crippen MR) is 146 cm³/mol. The Morgan fingerprint density at radius 1 is 0.974 bits per heavy atom. The van der Waals surface area contributed by atoms with Crippen molar-refractivity contribution in [2.75, 3.05) is 48.8 Å². The minimum absolute atomic E-state index is 0.00350. The van der Waals surface area contributed by atoms with Crippen molar-refractivity contribution in [3.63, 3.8) is 0 Å². The third-order valence-corrected chi connectivity index (χ3v) is 6.49. The summed E-state index contributed by atoms with van der Waals surface area (Å²) in [6, 6.07) is 22.0. The zero-order chi connectivity index (χ0) is 26.9. The van der Waals surface area contributed by atoms with Crippen LogP contribution in [0.4, 0.5) is 27.5 Å². The molecule has 0 bridgehead atoms. The first-order valence-electron chi connectivity index (χ1n) is 12.6. The second kappa shape index (κ2) is 12.9. The van der Waals surface area contributed by atoms with Crippen LogP contribution in [0.15, 0.2) is 72.8 Å². The van der Waals surface area contributed by atoms with Gasteiger partial charge < -0.3 is 30.4 Å². The van der Waals surface area contributed by atoms with E-state index in [9.17, 15) is 20.0 Å². The van der Waals surface area contributed by atoms with Crippen LogP contribution >= 0.6 is 0 Å². The van der Waals surface area contributed by atoms with Gasteiger partial charge in [0, 0.05) is 50.0 Å². The molecule has 1 aliphatic rings. The molecule has 3 amide bonds. The Balaban J connectivity index is 1.23. The summed E-state index contributed by atoms with van der Waals surface area (Å²) in [5.74, 6) is 0.402. The van der Waals surface area contributed by atoms with Crippen molar-refractivity contribution in [3.8, 4) is 5.75 Å². The Kier molecular flexibility index (Phi) is 9.15. The first-order chi connectivity index (χ1) is 18.4. The number of quaternary nitrogens is 1. The van der Waals surface area contributed by atoms with Gasteiger partial charge in [0.15, 0.2) is 5.69 Å². The highest BCUT2D eigenvalue weighted by Gasteiger charge is 2.23. The van der Waals surface area contributed by atoms with Gasteiger partial charge in [0.2, 0.25) is 5.91 Å². The van der Waals surface area contributed by atoms with Gasteiger partial charge in [-0.2, -0.15) is 5.23 Å². The molecular weight excluding hydrogens is 486 g/mol.